The van der Waals surface area contributed by atoms with Gasteiger partial charge in [0.05, 0.1) is 6.10 Å². The summed E-state index contributed by atoms with van der Waals surface area (Å²) in [6, 6.07) is 10.4. The van der Waals surface area contributed by atoms with Crippen molar-refractivity contribution in [2.24, 2.45) is 0 Å². The average molecular weight is 222 g/mol. The number of hydrogen-bond donors (Lipinski definition) is 2. The molecule has 0 aromatic heterocycles. The molecule has 1 aromatic rings. The maximum Gasteiger partial charge on any atom is 0.0636 e. The topological polar surface area (TPSA) is 35.5 Å². The second-order valence-corrected chi connectivity index (χ2v) is 4.16. The van der Waals surface area contributed by atoms with Gasteiger partial charge in [0.25, 0.3) is 0 Å². The molecule has 16 heavy (non-hydrogen) atoms. The Bertz CT molecular complexity index is 275. The number of nitrogens with zero attached hydrogens (tertiary/aromatic N) is 1. The first-order valence-electron chi connectivity index (χ1n) is 5.85. The third-order valence-corrected chi connectivity index (χ3v) is 2.48. The molecule has 1 aromatic carbocycles. The quantitative estimate of drug-likeness (QED) is 0.686. The molecule has 0 saturated carbocycles. The standard InChI is InChI=1S/C13H22N2O/c1-12(16)11-14-9-6-10-15(2)13-7-4-3-5-8-13/h3-5,7-8,12,14,16H,6,9-11H2,1-2H3/t12-/m1/s1. The van der Waals surface area contributed by atoms with E-state index in [2.05, 4.69) is 41.5 Å². The highest BCUT2D eigenvalue weighted by Gasteiger charge is 1.99. The lowest BCUT2D eigenvalue weighted by Gasteiger charge is -2.19. The highest BCUT2D eigenvalue weighted by Crippen LogP contribution is 2.10. The van der Waals surface area contributed by atoms with Crippen LogP contribution in [-0.2, 0) is 0 Å². The lowest BCUT2D eigenvalue weighted by Crippen LogP contribution is -2.28. The Morgan fingerprint density at radius 3 is 2.62 bits per heavy atom. The van der Waals surface area contributed by atoms with E-state index in [1.807, 2.05) is 6.07 Å². The van der Waals surface area contributed by atoms with Crippen molar-refractivity contribution in [3.8, 4) is 0 Å². The van der Waals surface area contributed by atoms with Crippen LogP contribution < -0.4 is 10.2 Å². The zero-order chi connectivity index (χ0) is 11.8. The predicted octanol–water partition coefficient (Wildman–Crippen LogP) is 1.48. The van der Waals surface area contributed by atoms with Gasteiger partial charge in [0, 0.05) is 25.8 Å². The minimum Gasteiger partial charge on any atom is -0.392 e. The molecular weight excluding hydrogens is 200 g/mol. The van der Waals surface area contributed by atoms with Gasteiger partial charge in [0.15, 0.2) is 0 Å². The fourth-order valence-electron chi connectivity index (χ4n) is 1.56. The number of rotatable bonds is 7. The van der Waals surface area contributed by atoms with Crippen LogP contribution in [0.25, 0.3) is 0 Å². The van der Waals surface area contributed by atoms with Crippen molar-refractivity contribution in [2.75, 3.05) is 31.6 Å². The van der Waals surface area contributed by atoms with Gasteiger partial charge in [-0.2, -0.15) is 0 Å². The maximum absolute atomic E-state index is 9.07. The molecule has 0 spiro atoms. The molecule has 0 aliphatic rings. The molecule has 0 radical (unpaired) electrons. The van der Waals surface area contributed by atoms with E-state index in [-0.39, 0.29) is 6.10 Å². The monoisotopic (exact) mass is 222 g/mol. The second-order valence-electron chi connectivity index (χ2n) is 4.16. The van der Waals surface area contributed by atoms with Crippen LogP contribution >= 0.6 is 0 Å². The number of nitrogens with one attached hydrogen (secondary N) is 1. The van der Waals surface area contributed by atoms with Crippen LogP contribution in [0.5, 0.6) is 0 Å². The fraction of sp³-hybridized carbons (Fsp3) is 0.538. The van der Waals surface area contributed by atoms with Crippen molar-refractivity contribution < 1.29 is 5.11 Å². The molecule has 1 rings (SSSR count). The van der Waals surface area contributed by atoms with Crippen molar-refractivity contribution >= 4 is 5.69 Å². The molecule has 1 atom stereocenters. The van der Waals surface area contributed by atoms with Gasteiger partial charge in [-0.15, -0.1) is 0 Å². The van der Waals surface area contributed by atoms with Crippen LogP contribution in [0.4, 0.5) is 5.69 Å². The molecule has 3 nitrogen and oxygen atoms in total. The van der Waals surface area contributed by atoms with Crippen LogP contribution in [0, 0.1) is 0 Å². The zero-order valence-corrected chi connectivity index (χ0v) is 10.2. The van der Waals surface area contributed by atoms with Gasteiger partial charge in [-0.3, -0.25) is 0 Å². The van der Waals surface area contributed by atoms with E-state index in [9.17, 15) is 0 Å². The Morgan fingerprint density at radius 2 is 2.00 bits per heavy atom. The summed E-state index contributed by atoms with van der Waals surface area (Å²) in [5.74, 6) is 0. The minimum absolute atomic E-state index is 0.258. The molecule has 0 bridgehead atoms. The van der Waals surface area contributed by atoms with Crippen LogP contribution in [0.2, 0.25) is 0 Å². The van der Waals surface area contributed by atoms with Gasteiger partial charge >= 0.3 is 0 Å². The van der Waals surface area contributed by atoms with Gasteiger partial charge in [0.2, 0.25) is 0 Å². The summed E-state index contributed by atoms with van der Waals surface area (Å²) in [5, 5.41) is 12.3. The van der Waals surface area contributed by atoms with Crippen molar-refractivity contribution in [1.82, 2.24) is 5.32 Å². The number of aliphatic hydroxyl groups excluding tert-OH is 1. The number of para-hydroxylation sites is 1. The van der Waals surface area contributed by atoms with E-state index in [1.165, 1.54) is 5.69 Å². The molecule has 0 heterocycles. The Hall–Kier alpha value is -1.06. The molecule has 0 amide bonds. The van der Waals surface area contributed by atoms with Crippen molar-refractivity contribution in [1.29, 1.82) is 0 Å². The van der Waals surface area contributed by atoms with Crippen LogP contribution in [0.1, 0.15) is 13.3 Å². The average Bonchev–Trinajstić information content (AvgIpc) is 2.29. The summed E-state index contributed by atoms with van der Waals surface area (Å²) in [6.45, 7) is 4.44. The first-order valence-corrected chi connectivity index (χ1v) is 5.85. The van der Waals surface area contributed by atoms with E-state index in [1.54, 1.807) is 6.92 Å². The Kier molecular flexibility index (Phi) is 5.90. The molecule has 0 unspecified atom stereocenters. The first kappa shape index (κ1) is 13.0. The molecule has 90 valence electrons. The van der Waals surface area contributed by atoms with E-state index in [0.717, 1.165) is 19.5 Å². The van der Waals surface area contributed by atoms with E-state index in [0.29, 0.717) is 6.54 Å². The van der Waals surface area contributed by atoms with Gasteiger partial charge in [-0.05, 0) is 32.0 Å². The summed E-state index contributed by atoms with van der Waals surface area (Å²) < 4.78 is 0. The second kappa shape index (κ2) is 7.25. The number of anilines is 1. The SMILES string of the molecule is C[C@@H](O)CNCCCN(C)c1ccccc1. The normalized spacial score (nSPS) is 12.4. The Labute approximate surface area is 98.1 Å². The lowest BCUT2D eigenvalue weighted by molar-refractivity contribution is 0.191. The molecule has 0 saturated heterocycles. The van der Waals surface area contributed by atoms with Crippen molar-refractivity contribution in [3.63, 3.8) is 0 Å². The maximum atomic E-state index is 9.07. The largest absolute Gasteiger partial charge is 0.392 e. The fourth-order valence-corrected chi connectivity index (χ4v) is 1.56. The molecule has 0 aliphatic carbocycles. The molecular formula is C13H22N2O. The Balaban J connectivity index is 2.14. The summed E-state index contributed by atoms with van der Waals surface area (Å²) >= 11 is 0. The summed E-state index contributed by atoms with van der Waals surface area (Å²) in [5.41, 5.74) is 1.25. The molecule has 2 N–H and O–H groups in total. The highest BCUT2D eigenvalue weighted by molar-refractivity contribution is 5.44. The van der Waals surface area contributed by atoms with E-state index < -0.39 is 0 Å². The summed E-state index contributed by atoms with van der Waals surface area (Å²) in [7, 11) is 2.10. The van der Waals surface area contributed by atoms with E-state index in [4.69, 9.17) is 5.11 Å². The van der Waals surface area contributed by atoms with Crippen LogP contribution in [0.15, 0.2) is 30.3 Å². The van der Waals surface area contributed by atoms with Gasteiger partial charge in [0.1, 0.15) is 0 Å². The number of benzene rings is 1. The van der Waals surface area contributed by atoms with Crippen molar-refractivity contribution in [2.45, 2.75) is 19.4 Å². The first-order chi connectivity index (χ1) is 7.70. The predicted molar refractivity (Wildman–Crippen MR) is 68.9 cm³/mol. The Morgan fingerprint density at radius 1 is 1.31 bits per heavy atom. The van der Waals surface area contributed by atoms with E-state index >= 15 is 0 Å². The van der Waals surface area contributed by atoms with Gasteiger partial charge in [-0.25, -0.2) is 0 Å². The lowest BCUT2D eigenvalue weighted by atomic mass is 10.3. The van der Waals surface area contributed by atoms with Crippen molar-refractivity contribution in [3.05, 3.63) is 30.3 Å². The van der Waals surface area contributed by atoms with Crippen LogP contribution in [0.3, 0.4) is 0 Å². The summed E-state index contributed by atoms with van der Waals surface area (Å²) in [6.07, 6.45) is 0.824. The van der Waals surface area contributed by atoms with Crippen LogP contribution in [-0.4, -0.2) is 37.9 Å². The molecule has 3 heteroatoms. The summed E-state index contributed by atoms with van der Waals surface area (Å²) in [4.78, 5) is 2.24. The molecule has 0 fully saturated rings. The highest BCUT2D eigenvalue weighted by atomic mass is 16.3. The number of hydrogen-bond acceptors (Lipinski definition) is 3. The minimum atomic E-state index is -0.258. The molecule has 0 aliphatic heterocycles. The zero-order valence-electron chi connectivity index (χ0n) is 10.2. The smallest absolute Gasteiger partial charge is 0.0636 e. The number of aliphatic hydroxyl groups is 1. The van der Waals surface area contributed by atoms with Gasteiger partial charge in [-0.1, -0.05) is 18.2 Å². The third kappa shape index (κ3) is 5.14. The third-order valence-electron chi connectivity index (χ3n) is 2.48. The van der Waals surface area contributed by atoms with Gasteiger partial charge < -0.3 is 15.3 Å².